The van der Waals surface area contributed by atoms with Gasteiger partial charge in [-0.1, -0.05) is 25.3 Å². The molecule has 1 aromatic heterocycles. The van der Waals surface area contributed by atoms with Crippen molar-refractivity contribution in [2.45, 2.75) is 37.7 Å². The first-order chi connectivity index (χ1) is 8.22. The van der Waals surface area contributed by atoms with Crippen molar-refractivity contribution < 1.29 is 5.11 Å². The molecule has 1 aliphatic rings. The molecule has 1 aliphatic carbocycles. The summed E-state index contributed by atoms with van der Waals surface area (Å²) in [5.41, 5.74) is 1.92. The number of hydrazine groups is 1. The van der Waals surface area contributed by atoms with Gasteiger partial charge in [0.25, 0.3) is 0 Å². The van der Waals surface area contributed by atoms with Crippen molar-refractivity contribution in [2.75, 3.05) is 17.3 Å². The van der Waals surface area contributed by atoms with Gasteiger partial charge in [0, 0.05) is 6.54 Å². The van der Waals surface area contributed by atoms with Crippen LogP contribution >= 0.6 is 0 Å². The average Bonchev–Trinajstić information content (AvgIpc) is 2.38. The molecule has 1 heterocycles. The van der Waals surface area contributed by atoms with Gasteiger partial charge in [-0.25, -0.2) is 10.8 Å². The third-order valence-corrected chi connectivity index (χ3v) is 3.28. The van der Waals surface area contributed by atoms with Crippen molar-refractivity contribution in [3.05, 3.63) is 18.2 Å². The van der Waals surface area contributed by atoms with Crippen molar-refractivity contribution >= 4 is 11.6 Å². The molecule has 5 N–H and O–H groups in total. The first-order valence-electron chi connectivity index (χ1n) is 6.12. The highest BCUT2D eigenvalue weighted by Gasteiger charge is 2.28. The molecular weight excluding hydrogens is 216 g/mol. The van der Waals surface area contributed by atoms with E-state index in [1.807, 2.05) is 12.1 Å². The molecule has 0 radical (unpaired) electrons. The van der Waals surface area contributed by atoms with Gasteiger partial charge in [-0.15, -0.1) is 0 Å². The number of nitrogens with zero attached hydrogens (tertiary/aromatic N) is 1. The number of hydrogen-bond donors (Lipinski definition) is 4. The smallest absolute Gasteiger partial charge is 0.142 e. The number of anilines is 2. The van der Waals surface area contributed by atoms with E-state index in [-0.39, 0.29) is 0 Å². The quantitative estimate of drug-likeness (QED) is 0.470. The van der Waals surface area contributed by atoms with Gasteiger partial charge in [-0.3, -0.25) is 0 Å². The van der Waals surface area contributed by atoms with Gasteiger partial charge in [-0.2, -0.15) is 0 Å². The van der Waals surface area contributed by atoms with Crippen LogP contribution in [-0.4, -0.2) is 22.2 Å². The summed E-state index contributed by atoms with van der Waals surface area (Å²) in [5.74, 6) is 6.65. The molecule has 0 aromatic carbocycles. The summed E-state index contributed by atoms with van der Waals surface area (Å²) in [6.45, 7) is 0.550. The third-order valence-electron chi connectivity index (χ3n) is 3.28. The van der Waals surface area contributed by atoms with Gasteiger partial charge in [0.2, 0.25) is 0 Å². The summed E-state index contributed by atoms with van der Waals surface area (Å²) in [6, 6.07) is 5.53. The summed E-state index contributed by atoms with van der Waals surface area (Å²) < 4.78 is 0. The number of nitrogens with two attached hydrogens (primary N) is 1. The highest BCUT2D eigenvalue weighted by molar-refractivity contribution is 5.44. The second-order valence-corrected chi connectivity index (χ2v) is 4.69. The maximum Gasteiger partial charge on any atom is 0.142 e. The van der Waals surface area contributed by atoms with Crippen LogP contribution < -0.4 is 16.6 Å². The van der Waals surface area contributed by atoms with Crippen molar-refractivity contribution in [1.82, 2.24) is 4.98 Å². The Hall–Kier alpha value is -1.33. The zero-order chi connectivity index (χ0) is 12.1. The first-order valence-corrected chi connectivity index (χ1v) is 6.12. The molecular formula is C12H20N4O. The molecule has 5 nitrogen and oxygen atoms in total. The topological polar surface area (TPSA) is 83.2 Å². The standard InChI is InChI=1S/C12H20N4O/c13-16-11-6-4-5-10(15-11)14-9-12(17)7-2-1-3-8-12/h4-6,17H,1-3,7-9,13H2,(H2,14,15,16). The van der Waals surface area contributed by atoms with E-state index in [1.54, 1.807) is 6.07 Å². The predicted molar refractivity (Wildman–Crippen MR) is 68.6 cm³/mol. The van der Waals surface area contributed by atoms with E-state index in [1.165, 1.54) is 6.42 Å². The molecule has 0 aliphatic heterocycles. The molecule has 94 valence electrons. The molecule has 17 heavy (non-hydrogen) atoms. The lowest BCUT2D eigenvalue weighted by molar-refractivity contribution is 0.0166. The Morgan fingerprint density at radius 3 is 2.65 bits per heavy atom. The maximum absolute atomic E-state index is 10.3. The molecule has 1 aromatic rings. The SMILES string of the molecule is NNc1cccc(NCC2(O)CCCCC2)n1. The van der Waals surface area contributed by atoms with Crippen LogP contribution in [0.1, 0.15) is 32.1 Å². The Labute approximate surface area is 101 Å². The second kappa shape index (κ2) is 5.33. The molecule has 0 saturated heterocycles. The van der Waals surface area contributed by atoms with E-state index < -0.39 is 5.60 Å². The second-order valence-electron chi connectivity index (χ2n) is 4.69. The molecule has 2 rings (SSSR count). The number of rotatable bonds is 4. The highest BCUT2D eigenvalue weighted by Crippen LogP contribution is 2.28. The van der Waals surface area contributed by atoms with Crippen LogP contribution in [0.3, 0.4) is 0 Å². The summed E-state index contributed by atoms with van der Waals surface area (Å²) >= 11 is 0. The van der Waals surface area contributed by atoms with E-state index in [2.05, 4.69) is 15.7 Å². The van der Waals surface area contributed by atoms with Crippen LogP contribution in [0.5, 0.6) is 0 Å². The fourth-order valence-corrected chi connectivity index (χ4v) is 2.26. The lowest BCUT2D eigenvalue weighted by Gasteiger charge is -2.32. The van der Waals surface area contributed by atoms with Crippen molar-refractivity contribution in [3.8, 4) is 0 Å². The predicted octanol–water partition coefficient (Wildman–Crippen LogP) is 1.47. The van der Waals surface area contributed by atoms with Gasteiger partial charge < -0.3 is 15.8 Å². The van der Waals surface area contributed by atoms with Crippen molar-refractivity contribution in [2.24, 2.45) is 5.84 Å². The van der Waals surface area contributed by atoms with Crippen LogP contribution in [-0.2, 0) is 0 Å². The van der Waals surface area contributed by atoms with E-state index in [0.29, 0.717) is 12.4 Å². The largest absolute Gasteiger partial charge is 0.388 e. The van der Waals surface area contributed by atoms with Crippen LogP contribution in [0.15, 0.2) is 18.2 Å². The minimum Gasteiger partial charge on any atom is -0.388 e. The van der Waals surface area contributed by atoms with Crippen LogP contribution in [0.25, 0.3) is 0 Å². The summed E-state index contributed by atoms with van der Waals surface area (Å²) in [7, 11) is 0. The number of pyridine rings is 1. The van der Waals surface area contributed by atoms with E-state index in [0.717, 1.165) is 31.5 Å². The van der Waals surface area contributed by atoms with Crippen LogP contribution in [0.2, 0.25) is 0 Å². The molecule has 1 saturated carbocycles. The first kappa shape index (κ1) is 12.1. The maximum atomic E-state index is 10.3. The van der Waals surface area contributed by atoms with Crippen molar-refractivity contribution in [1.29, 1.82) is 0 Å². The van der Waals surface area contributed by atoms with Crippen LogP contribution in [0.4, 0.5) is 11.6 Å². The lowest BCUT2D eigenvalue weighted by atomic mass is 9.85. The Morgan fingerprint density at radius 2 is 1.94 bits per heavy atom. The molecule has 0 unspecified atom stereocenters. The Kier molecular flexibility index (Phi) is 3.81. The molecule has 0 bridgehead atoms. The summed E-state index contributed by atoms with van der Waals surface area (Å²) in [4.78, 5) is 4.25. The van der Waals surface area contributed by atoms with Gasteiger partial charge in [0.05, 0.1) is 5.60 Å². The zero-order valence-corrected chi connectivity index (χ0v) is 9.95. The fraction of sp³-hybridized carbons (Fsp3) is 0.583. The number of nitrogens with one attached hydrogen (secondary N) is 2. The average molecular weight is 236 g/mol. The molecule has 0 atom stereocenters. The third kappa shape index (κ3) is 3.31. The highest BCUT2D eigenvalue weighted by atomic mass is 16.3. The van der Waals surface area contributed by atoms with Gasteiger partial charge >= 0.3 is 0 Å². The monoisotopic (exact) mass is 236 g/mol. The molecule has 0 amide bonds. The number of aromatic nitrogens is 1. The number of aliphatic hydroxyl groups is 1. The van der Waals surface area contributed by atoms with E-state index in [9.17, 15) is 5.11 Å². The summed E-state index contributed by atoms with van der Waals surface area (Å²) in [6.07, 6.45) is 5.18. The van der Waals surface area contributed by atoms with Gasteiger partial charge in [0.15, 0.2) is 0 Å². The van der Waals surface area contributed by atoms with E-state index in [4.69, 9.17) is 5.84 Å². The van der Waals surface area contributed by atoms with Crippen molar-refractivity contribution in [3.63, 3.8) is 0 Å². The fourth-order valence-electron chi connectivity index (χ4n) is 2.26. The Bertz CT molecular complexity index is 363. The van der Waals surface area contributed by atoms with Crippen LogP contribution in [0, 0.1) is 0 Å². The van der Waals surface area contributed by atoms with E-state index >= 15 is 0 Å². The molecule has 1 fully saturated rings. The van der Waals surface area contributed by atoms with Gasteiger partial charge in [-0.05, 0) is 25.0 Å². The Balaban J connectivity index is 1.92. The zero-order valence-electron chi connectivity index (χ0n) is 9.95. The number of nitrogen functional groups attached to an aromatic ring is 1. The normalized spacial score (nSPS) is 18.7. The lowest BCUT2D eigenvalue weighted by Crippen LogP contribution is -2.38. The molecule has 0 spiro atoms. The summed E-state index contributed by atoms with van der Waals surface area (Å²) in [5, 5.41) is 13.5. The minimum absolute atomic E-state index is 0.550. The van der Waals surface area contributed by atoms with Gasteiger partial charge in [0.1, 0.15) is 11.6 Å². The molecule has 5 heteroatoms. The minimum atomic E-state index is -0.577. The Morgan fingerprint density at radius 1 is 1.24 bits per heavy atom. The number of hydrogen-bond acceptors (Lipinski definition) is 5.